The van der Waals surface area contributed by atoms with Crippen LogP contribution in [-0.4, -0.2) is 42.8 Å². The predicted octanol–water partition coefficient (Wildman–Crippen LogP) is 3.00. The van der Waals surface area contributed by atoms with Gasteiger partial charge in [0.25, 0.3) is 5.91 Å². The summed E-state index contributed by atoms with van der Waals surface area (Å²) in [6, 6.07) is 18.8. The highest BCUT2D eigenvalue weighted by atomic mass is 32.2. The summed E-state index contributed by atoms with van der Waals surface area (Å²) >= 11 is 0. The molecule has 32 heavy (non-hydrogen) atoms. The zero-order chi connectivity index (χ0) is 22.7. The number of benzene rings is 3. The summed E-state index contributed by atoms with van der Waals surface area (Å²) in [5.74, 6) is -1.13. The molecule has 1 aliphatic rings. The van der Waals surface area contributed by atoms with Crippen molar-refractivity contribution in [2.75, 3.05) is 18.4 Å². The highest BCUT2D eigenvalue weighted by molar-refractivity contribution is 7.89. The lowest BCUT2D eigenvalue weighted by molar-refractivity contribution is -0.120. The topological polar surface area (TPSA) is 116 Å². The standard InChI is InChI=1S/C23H23N3O5S/c27-22(24-20-8-5-17(6-9-20)23(28)25-29)18-11-13-26(14-12-18)32(30,31)21-10-7-16-3-1-2-4-19(16)15-21/h1-10,15,18,29H,11-14H2,(H,24,27)(H,25,28). The molecule has 0 aromatic heterocycles. The summed E-state index contributed by atoms with van der Waals surface area (Å²) in [5.41, 5.74) is 2.34. The summed E-state index contributed by atoms with van der Waals surface area (Å²) in [4.78, 5) is 24.2. The quantitative estimate of drug-likeness (QED) is 0.406. The minimum atomic E-state index is -3.63. The molecular weight excluding hydrogens is 430 g/mol. The number of amides is 2. The van der Waals surface area contributed by atoms with E-state index in [0.717, 1.165) is 10.8 Å². The van der Waals surface area contributed by atoms with E-state index in [1.54, 1.807) is 35.8 Å². The molecule has 9 heteroatoms. The van der Waals surface area contributed by atoms with Crippen LogP contribution in [0.25, 0.3) is 10.8 Å². The molecule has 3 aromatic rings. The van der Waals surface area contributed by atoms with Crippen molar-refractivity contribution < 1.29 is 23.2 Å². The Balaban J connectivity index is 1.38. The Bertz CT molecular complexity index is 1250. The van der Waals surface area contributed by atoms with Crippen molar-refractivity contribution in [2.24, 2.45) is 5.92 Å². The molecule has 1 aliphatic heterocycles. The monoisotopic (exact) mass is 453 g/mol. The Morgan fingerprint density at radius 2 is 1.56 bits per heavy atom. The number of hydrogen-bond donors (Lipinski definition) is 3. The van der Waals surface area contributed by atoms with Gasteiger partial charge in [-0.25, -0.2) is 13.9 Å². The highest BCUT2D eigenvalue weighted by Crippen LogP contribution is 2.27. The van der Waals surface area contributed by atoms with Gasteiger partial charge in [-0.15, -0.1) is 0 Å². The van der Waals surface area contributed by atoms with Gasteiger partial charge in [0.15, 0.2) is 0 Å². The van der Waals surface area contributed by atoms with Gasteiger partial charge < -0.3 is 5.32 Å². The second-order valence-corrected chi connectivity index (χ2v) is 9.63. The fraction of sp³-hybridized carbons (Fsp3) is 0.217. The number of nitrogens with zero attached hydrogens (tertiary/aromatic N) is 1. The first-order chi connectivity index (χ1) is 15.4. The maximum atomic E-state index is 13.1. The van der Waals surface area contributed by atoms with Crippen LogP contribution < -0.4 is 10.8 Å². The van der Waals surface area contributed by atoms with E-state index in [-0.39, 0.29) is 35.4 Å². The maximum absolute atomic E-state index is 13.1. The number of nitrogens with one attached hydrogen (secondary N) is 2. The molecule has 0 saturated carbocycles. The molecule has 0 radical (unpaired) electrons. The molecule has 166 valence electrons. The lowest BCUT2D eigenvalue weighted by Gasteiger charge is -2.30. The second-order valence-electron chi connectivity index (χ2n) is 7.69. The molecule has 0 unspecified atom stereocenters. The van der Waals surface area contributed by atoms with E-state index in [9.17, 15) is 18.0 Å². The fourth-order valence-electron chi connectivity index (χ4n) is 3.85. The zero-order valence-corrected chi connectivity index (χ0v) is 18.0. The summed E-state index contributed by atoms with van der Waals surface area (Å²) in [7, 11) is -3.63. The van der Waals surface area contributed by atoms with Gasteiger partial charge in [0.2, 0.25) is 15.9 Å². The van der Waals surface area contributed by atoms with Gasteiger partial charge in [-0.05, 0) is 60.0 Å². The van der Waals surface area contributed by atoms with E-state index >= 15 is 0 Å². The normalized spacial score (nSPS) is 15.4. The lowest BCUT2D eigenvalue weighted by atomic mass is 9.97. The molecular formula is C23H23N3O5S. The smallest absolute Gasteiger partial charge is 0.274 e. The molecule has 8 nitrogen and oxygen atoms in total. The Hall–Kier alpha value is -3.27. The van der Waals surface area contributed by atoms with Crippen LogP contribution in [-0.2, 0) is 14.8 Å². The van der Waals surface area contributed by atoms with Gasteiger partial charge in [0, 0.05) is 30.3 Å². The third kappa shape index (κ3) is 4.50. The first-order valence-corrected chi connectivity index (χ1v) is 11.7. The Morgan fingerprint density at radius 3 is 2.22 bits per heavy atom. The first-order valence-electron chi connectivity index (χ1n) is 10.2. The number of rotatable bonds is 5. The molecule has 0 atom stereocenters. The van der Waals surface area contributed by atoms with Gasteiger partial charge in [0.1, 0.15) is 0 Å². The number of carbonyl (C=O) groups excluding carboxylic acids is 2. The zero-order valence-electron chi connectivity index (χ0n) is 17.2. The minimum absolute atomic E-state index is 0.188. The Kier molecular flexibility index (Phi) is 6.22. The minimum Gasteiger partial charge on any atom is -0.326 e. The van der Waals surface area contributed by atoms with Crippen molar-refractivity contribution in [3.63, 3.8) is 0 Å². The number of hydrogen-bond acceptors (Lipinski definition) is 5. The molecule has 3 aromatic carbocycles. The molecule has 3 N–H and O–H groups in total. The lowest BCUT2D eigenvalue weighted by Crippen LogP contribution is -2.41. The number of fused-ring (bicyclic) bond motifs is 1. The summed E-state index contributed by atoms with van der Waals surface area (Å²) in [6.45, 7) is 0.533. The molecule has 1 saturated heterocycles. The highest BCUT2D eigenvalue weighted by Gasteiger charge is 2.32. The van der Waals surface area contributed by atoms with E-state index in [1.807, 2.05) is 24.3 Å². The number of sulfonamides is 1. The molecule has 0 bridgehead atoms. The predicted molar refractivity (Wildman–Crippen MR) is 120 cm³/mol. The number of carbonyl (C=O) groups is 2. The molecule has 2 amide bonds. The van der Waals surface area contributed by atoms with E-state index in [2.05, 4.69) is 5.32 Å². The van der Waals surface area contributed by atoms with Crippen molar-refractivity contribution in [1.29, 1.82) is 0 Å². The van der Waals surface area contributed by atoms with E-state index < -0.39 is 15.9 Å². The third-order valence-electron chi connectivity index (χ3n) is 5.70. The van der Waals surface area contributed by atoms with Crippen molar-refractivity contribution in [1.82, 2.24) is 9.79 Å². The number of hydroxylamine groups is 1. The molecule has 0 spiro atoms. The van der Waals surface area contributed by atoms with Crippen molar-refractivity contribution in [3.8, 4) is 0 Å². The first kappa shape index (κ1) is 21.9. The van der Waals surface area contributed by atoms with Crippen LogP contribution >= 0.6 is 0 Å². The van der Waals surface area contributed by atoms with Crippen LogP contribution in [0.15, 0.2) is 71.6 Å². The van der Waals surface area contributed by atoms with Crippen LogP contribution in [0.1, 0.15) is 23.2 Å². The Morgan fingerprint density at radius 1 is 0.906 bits per heavy atom. The molecule has 1 heterocycles. The SMILES string of the molecule is O=C(NO)c1ccc(NC(=O)C2CCN(S(=O)(=O)c3ccc4ccccc4c3)CC2)cc1. The van der Waals surface area contributed by atoms with E-state index in [4.69, 9.17) is 5.21 Å². The van der Waals surface area contributed by atoms with Crippen molar-refractivity contribution in [3.05, 3.63) is 72.3 Å². The molecule has 1 fully saturated rings. The average Bonchev–Trinajstić information content (AvgIpc) is 2.83. The molecule has 0 aliphatic carbocycles. The summed E-state index contributed by atoms with van der Waals surface area (Å²) in [5, 5.41) is 13.3. The van der Waals surface area contributed by atoms with Gasteiger partial charge >= 0.3 is 0 Å². The van der Waals surface area contributed by atoms with Gasteiger partial charge in [0.05, 0.1) is 4.90 Å². The maximum Gasteiger partial charge on any atom is 0.274 e. The van der Waals surface area contributed by atoms with Gasteiger partial charge in [-0.2, -0.15) is 4.31 Å². The number of piperidine rings is 1. The Labute approximate surface area is 185 Å². The van der Waals surface area contributed by atoms with Gasteiger partial charge in [-0.1, -0.05) is 30.3 Å². The molecule has 4 rings (SSSR count). The largest absolute Gasteiger partial charge is 0.326 e. The second kappa shape index (κ2) is 9.07. The van der Waals surface area contributed by atoms with Crippen LogP contribution in [0.4, 0.5) is 5.69 Å². The summed E-state index contributed by atoms with van der Waals surface area (Å²) < 4.78 is 27.6. The summed E-state index contributed by atoms with van der Waals surface area (Å²) in [6.07, 6.45) is 0.841. The van der Waals surface area contributed by atoms with Crippen LogP contribution in [0.5, 0.6) is 0 Å². The number of anilines is 1. The van der Waals surface area contributed by atoms with Crippen molar-refractivity contribution >= 4 is 38.3 Å². The van der Waals surface area contributed by atoms with Crippen LogP contribution in [0.2, 0.25) is 0 Å². The fourth-order valence-corrected chi connectivity index (χ4v) is 5.35. The van der Waals surface area contributed by atoms with E-state index in [1.165, 1.54) is 16.4 Å². The average molecular weight is 454 g/mol. The van der Waals surface area contributed by atoms with Gasteiger partial charge in [-0.3, -0.25) is 14.8 Å². The van der Waals surface area contributed by atoms with Crippen LogP contribution in [0, 0.1) is 5.92 Å². The third-order valence-corrected chi connectivity index (χ3v) is 7.59. The van der Waals surface area contributed by atoms with E-state index in [0.29, 0.717) is 18.5 Å². The van der Waals surface area contributed by atoms with Crippen LogP contribution in [0.3, 0.4) is 0 Å². The van der Waals surface area contributed by atoms with Crippen molar-refractivity contribution in [2.45, 2.75) is 17.7 Å².